The SMILES string of the molecule is CC(NCC1CN(C(=O)c2ccccc2Cl)CC1c1ccccc1)c1cccc2ccccc12. The van der Waals surface area contributed by atoms with Crippen LogP contribution in [0.25, 0.3) is 10.8 Å². The Morgan fingerprint density at radius 3 is 2.44 bits per heavy atom. The molecule has 3 unspecified atom stereocenters. The third-order valence-electron chi connectivity index (χ3n) is 7.04. The molecule has 1 aliphatic rings. The van der Waals surface area contributed by atoms with Gasteiger partial charge in [0.2, 0.25) is 0 Å². The van der Waals surface area contributed by atoms with E-state index in [9.17, 15) is 4.79 Å². The first kappa shape index (κ1) is 22.6. The van der Waals surface area contributed by atoms with Gasteiger partial charge in [0.1, 0.15) is 0 Å². The van der Waals surface area contributed by atoms with Crippen LogP contribution in [0.2, 0.25) is 5.02 Å². The maximum atomic E-state index is 13.3. The number of hydrogen-bond donors (Lipinski definition) is 1. The Balaban J connectivity index is 1.36. The van der Waals surface area contributed by atoms with Crippen LogP contribution in [0.1, 0.15) is 40.4 Å². The monoisotopic (exact) mass is 468 g/mol. The van der Waals surface area contributed by atoms with Gasteiger partial charge in [-0.3, -0.25) is 4.79 Å². The van der Waals surface area contributed by atoms with Crippen LogP contribution in [-0.2, 0) is 0 Å². The highest BCUT2D eigenvalue weighted by molar-refractivity contribution is 6.33. The first-order valence-corrected chi connectivity index (χ1v) is 12.3. The zero-order valence-corrected chi connectivity index (χ0v) is 20.1. The minimum atomic E-state index is 0.0103. The molecule has 0 spiro atoms. The average molecular weight is 469 g/mol. The summed E-state index contributed by atoms with van der Waals surface area (Å²) >= 11 is 6.35. The summed E-state index contributed by atoms with van der Waals surface area (Å²) in [5.41, 5.74) is 3.16. The van der Waals surface area contributed by atoms with Crippen molar-refractivity contribution in [1.29, 1.82) is 0 Å². The number of fused-ring (bicyclic) bond motifs is 1. The molecule has 34 heavy (non-hydrogen) atoms. The van der Waals surface area contributed by atoms with E-state index < -0.39 is 0 Å². The number of rotatable bonds is 6. The molecule has 4 heteroatoms. The van der Waals surface area contributed by atoms with Crippen LogP contribution in [0.3, 0.4) is 0 Å². The van der Waals surface area contributed by atoms with Crippen LogP contribution in [0.5, 0.6) is 0 Å². The Hall–Kier alpha value is -3.14. The smallest absolute Gasteiger partial charge is 0.255 e. The Bertz CT molecular complexity index is 1280. The van der Waals surface area contributed by atoms with E-state index in [1.165, 1.54) is 21.9 Å². The molecule has 1 fully saturated rings. The van der Waals surface area contributed by atoms with E-state index >= 15 is 0 Å². The summed E-state index contributed by atoms with van der Waals surface area (Å²) in [6.07, 6.45) is 0. The lowest BCUT2D eigenvalue weighted by atomic mass is 9.88. The van der Waals surface area contributed by atoms with Crippen LogP contribution in [0.4, 0.5) is 0 Å². The molecule has 1 aliphatic heterocycles. The van der Waals surface area contributed by atoms with E-state index in [-0.39, 0.29) is 17.9 Å². The number of carbonyl (C=O) groups excluding carboxylic acids is 1. The maximum Gasteiger partial charge on any atom is 0.255 e. The molecule has 0 bridgehead atoms. The summed E-state index contributed by atoms with van der Waals surface area (Å²) in [6.45, 7) is 4.46. The summed E-state index contributed by atoms with van der Waals surface area (Å²) in [5.74, 6) is 0.599. The zero-order chi connectivity index (χ0) is 23.5. The third-order valence-corrected chi connectivity index (χ3v) is 7.37. The standard InChI is InChI=1S/C30H29ClN2O/c1-21(25-16-9-13-22-12-5-6-14-26(22)25)32-18-24-19-33(20-28(24)23-10-3-2-4-11-23)30(34)27-15-7-8-17-29(27)31/h2-17,21,24,28,32H,18-20H2,1H3. The molecule has 0 saturated carbocycles. The number of nitrogens with one attached hydrogen (secondary N) is 1. The van der Waals surface area contributed by atoms with Gasteiger partial charge >= 0.3 is 0 Å². The Kier molecular flexibility index (Phi) is 6.66. The van der Waals surface area contributed by atoms with E-state index in [2.05, 4.69) is 79.0 Å². The van der Waals surface area contributed by atoms with Crippen molar-refractivity contribution in [2.45, 2.75) is 18.9 Å². The molecule has 4 aromatic carbocycles. The molecule has 0 aliphatic carbocycles. The second kappa shape index (κ2) is 10.0. The van der Waals surface area contributed by atoms with E-state index in [1.54, 1.807) is 6.07 Å². The van der Waals surface area contributed by atoms with Crippen LogP contribution >= 0.6 is 11.6 Å². The lowest BCUT2D eigenvalue weighted by molar-refractivity contribution is 0.0786. The molecule has 3 nitrogen and oxygen atoms in total. The maximum absolute atomic E-state index is 13.3. The first-order valence-electron chi connectivity index (χ1n) is 11.9. The first-order chi connectivity index (χ1) is 16.6. The molecular weight excluding hydrogens is 440 g/mol. The van der Waals surface area contributed by atoms with E-state index in [1.807, 2.05) is 29.2 Å². The third kappa shape index (κ3) is 4.59. The lowest BCUT2D eigenvalue weighted by Gasteiger charge is -2.23. The number of amides is 1. The number of likely N-dealkylation sites (tertiary alicyclic amines) is 1. The van der Waals surface area contributed by atoms with E-state index in [4.69, 9.17) is 11.6 Å². The summed E-state index contributed by atoms with van der Waals surface area (Å²) in [5, 5.41) is 6.83. The molecule has 5 rings (SSSR count). The minimum absolute atomic E-state index is 0.0103. The molecular formula is C30H29ClN2O. The van der Waals surface area contributed by atoms with Crippen molar-refractivity contribution in [3.05, 3.63) is 119 Å². The summed E-state index contributed by atoms with van der Waals surface area (Å²) < 4.78 is 0. The van der Waals surface area contributed by atoms with Gasteiger partial charge in [-0.15, -0.1) is 0 Å². The van der Waals surface area contributed by atoms with Crippen molar-refractivity contribution >= 4 is 28.3 Å². The largest absolute Gasteiger partial charge is 0.338 e. The van der Waals surface area contributed by atoms with Gasteiger partial charge in [-0.05, 0) is 46.9 Å². The quantitative estimate of drug-likeness (QED) is 0.341. The van der Waals surface area contributed by atoms with Gasteiger partial charge in [0, 0.05) is 31.6 Å². The van der Waals surface area contributed by atoms with Gasteiger partial charge in [0.25, 0.3) is 5.91 Å². The van der Waals surface area contributed by atoms with Gasteiger partial charge < -0.3 is 10.2 Å². The van der Waals surface area contributed by atoms with Gasteiger partial charge in [0.05, 0.1) is 10.6 Å². The predicted octanol–water partition coefficient (Wildman–Crippen LogP) is 6.70. The van der Waals surface area contributed by atoms with Crippen LogP contribution in [0, 0.1) is 5.92 Å². The van der Waals surface area contributed by atoms with Crippen LogP contribution in [-0.4, -0.2) is 30.4 Å². The van der Waals surface area contributed by atoms with Gasteiger partial charge in [-0.2, -0.15) is 0 Å². The number of benzene rings is 4. The minimum Gasteiger partial charge on any atom is -0.338 e. The van der Waals surface area contributed by atoms with Crippen molar-refractivity contribution in [1.82, 2.24) is 10.2 Å². The molecule has 4 aromatic rings. The van der Waals surface area contributed by atoms with Gasteiger partial charge in [-0.1, -0.05) is 96.5 Å². The highest BCUT2D eigenvalue weighted by Gasteiger charge is 2.36. The van der Waals surface area contributed by atoms with E-state index in [0.29, 0.717) is 29.6 Å². The summed E-state index contributed by atoms with van der Waals surface area (Å²) in [4.78, 5) is 15.3. The van der Waals surface area contributed by atoms with E-state index in [0.717, 1.165) is 6.54 Å². The predicted molar refractivity (Wildman–Crippen MR) is 140 cm³/mol. The number of carbonyl (C=O) groups is 1. The molecule has 3 atom stereocenters. The fraction of sp³-hybridized carbons (Fsp3) is 0.233. The van der Waals surface area contributed by atoms with Crippen molar-refractivity contribution in [3.63, 3.8) is 0 Å². The van der Waals surface area contributed by atoms with Crippen LogP contribution < -0.4 is 5.32 Å². The van der Waals surface area contributed by atoms with Crippen LogP contribution in [0.15, 0.2) is 97.1 Å². The molecule has 0 aromatic heterocycles. The topological polar surface area (TPSA) is 32.3 Å². The molecule has 1 N–H and O–H groups in total. The van der Waals surface area contributed by atoms with Crippen molar-refractivity contribution in [2.75, 3.05) is 19.6 Å². The second-order valence-corrected chi connectivity index (χ2v) is 9.57. The average Bonchev–Trinajstić information content (AvgIpc) is 3.31. The van der Waals surface area contributed by atoms with Gasteiger partial charge in [0.15, 0.2) is 0 Å². The molecule has 1 amide bonds. The molecule has 1 heterocycles. The highest BCUT2D eigenvalue weighted by atomic mass is 35.5. The summed E-state index contributed by atoms with van der Waals surface area (Å²) in [7, 11) is 0. The summed E-state index contributed by atoms with van der Waals surface area (Å²) in [6, 6.07) is 33.1. The molecule has 172 valence electrons. The van der Waals surface area contributed by atoms with Crippen molar-refractivity contribution < 1.29 is 4.79 Å². The molecule has 0 radical (unpaired) electrons. The fourth-order valence-electron chi connectivity index (χ4n) is 5.19. The second-order valence-electron chi connectivity index (χ2n) is 9.17. The number of hydrogen-bond acceptors (Lipinski definition) is 2. The fourth-order valence-corrected chi connectivity index (χ4v) is 5.41. The number of nitrogens with zero attached hydrogens (tertiary/aromatic N) is 1. The Labute approximate surface area is 206 Å². The van der Waals surface area contributed by atoms with Crippen molar-refractivity contribution in [3.8, 4) is 0 Å². The zero-order valence-electron chi connectivity index (χ0n) is 19.3. The lowest BCUT2D eigenvalue weighted by Crippen LogP contribution is -2.32. The number of halogens is 1. The Morgan fingerprint density at radius 2 is 1.62 bits per heavy atom. The van der Waals surface area contributed by atoms with Gasteiger partial charge in [-0.25, -0.2) is 0 Å². The molecule has 1 saturated heterocycles. The highest BCUT2D eigenvalue weighted by Crippen LogP contribution is 2.34. The van der Waals surface area contributed by atoms with Crippen molar-refractivity contribution in [2.24, 2.45) is 5.92 Å². The normalized spacial score (nSPS) is 18.8. The Morgan fingerprint density at radius 1 is 0.912 bits per heavy atom.